The first-order valence-corrected chi connectivity index (χ1v) is 6.92. The minimum atomic E-state index is 0.0551. The summed E-state index contributed by atoms with van der Waals surface area (Å²) in [5.41, 5.74) is 3.42. The maximum Gasteiger partial charge on any atom is 0.251 e. The van der Waals surface area contributed by atoms with Crippen molar-refractivity contribution >= 4 is 5.91 Å². The Hall–Kier alpha value is -1.35. The number of carbonyl (C=O) groups is 1. The average molecular weight is 246 g/mol. The smallest absolute Gasteiger partial charge is 0.251 e. The molecule has 3 heteroatoms. The van der Waals surface area contributed by atoms with Crippen LogP contribution in [0.5, 0.6) is 0 Å². The van der Waals surface area contributed by atoms with Crippen molar-refractivity contribution < 1.29 is 4.79 Å². The van der Waals surface area contributed by atoms with Crippen molar-refractivity contribution in [2.24, 2.45) is 0 Å². The van der Waals surface area contributed by atoms with Crippen molar-refractivity contribution in [1.82, 2.24) is 10.6 Å². The first kappa shape index (κ1) is 13.1. The van der Waals surface area contributed by atoms with E-state index < -0.39 is 0 Å². The third-order valence-corrected chi connectivity index (χ3v) is 3.42. The molecule has 0 unspecified atom stereocenters. The zero-order chi connectivity index (χ0) is 12.8. The van der Waals surface area contributed by atoms with Gasteiger partial charge in [0.15, 0.2) is 0 Å². The summed E-state index contributed by atoms with van der Waals surface area (Å²) in [5.74, 6) is 0.0551. The summed E-state index contributed by atoms with van der Waals surface area (Å²) in [5, 5.41) is 6.32. The Bertz CT molecular complexity index is 415. The fourth-order valence-corrected chi connectivity index (χ4v) is 2.30. The second-order valence-electron chi connectivity index (χ2n) is 4.87. The van der Waals surface area contributed by atoms with Gasteiger partial charge in [-0.2, -0.15) is 0 Å². The lowest BCUT2D eigenvalue weighted by atomic mass is 9.98. The number of hydrogen-bond acceptors (Lipinski definition) is 2. The first-order chi connectivity index (χ1) is 8.81. The predicted molar refractivity (Wildman–Crippen MR) is 73.7 cm³/mol. The molecule has 2 N–H and O–H groups in total. The highest BCUT2D eigenvalue weighted by Gasteiger charge is 2.11. The van der Waals surface area contributed by atoms with Gasteiger partial charge in [-0.05, 0) is 42.6 Å². The number of hydrogen-bond donors (Lipinski definition) is 2. The van der Waals surface area contributed by atoms with Crippen LogP contribution >= 0.6 is 0 Å². The Labute approximate surface area is 109 Å². The molecule has 1 amide bonds. The van der Waals surface area contributed by atoms with Gasteiger partial charge in [-0.25, -0.2) is 0 Å². The highest BCUT2D eigenvalue weighted by Crippen LogP contribution is 2.15. The molecule has 0 radical (unpaired) electrons. The largest absolute Gasteiger partial charge is 0.352 e. The third kappa shape index (κ3) is 3.33. The SMILES string of the molecule is CCCCCNC(=O)c1ccc2c(c1)CNCC2. The van der Waals surface area contributed by atoms with Gasteiger partial charge in [-0.1, -0.05) is 25.8 Å². The van der Waals surface area contributed by atoms with Gasteiger partial charge in [0.2, 0.25) is 0 Å². The molecule has 0 saturated carbocycles. The highest BCUT2D eigenvalue weighted by molar-refractivity contribution is 5.94. The summed E-state index contributed by atoms with van der Waals surface area (Å²) in [4.78, 5) is 12.0. The molecular weight excluding hydrogens is 224 g/mol. The van der Waals surface area contributed by atoms with Gasteiger partial charge in [0.1, 0.15) is 0 Å². The molecule has 0 aromatic heterocycles. The van der Waals surface area contributed by atoms with Crippen LogP contribution < -0.4 is 10.6 Å². The normalized spacial score (nSPS) is 14.1. The molecule has 1 aliphatic heterocycles. The number of unbranched alkanes of at least 4 members (excludes halogenated alkanes) is 2. The van der Waals surface area contributed by atoms with E-state index in [4.69, 9.17) is 0 Å². The van der Waals surface area contributed by atoms with Crippen molar-refractivity contribution in [3.8, 4) is 0 Å². The summed E-state index contributed by atoms with van der Waals surface area (Å²) in [7, 11) is 0. The molecule has 98 valence electrons. The summed E-state index contributed by atoms with van der Waals surface area (Å²) in [6.07, 6.45) is 4.48. The predicted octanol–water partition coefficient (Wildman–Crippen LogP) is 2.25. The summed E-state index contributed by atoms with van der Waals surface area (Å²) in [6, 6.07) is 6.06. The van der Waals surface area contributed by atoms with Gasteiger partial charge in [0.25, 0.3) is 5.91 Å². The van der Waals surface area contributed by atoms with E-state index in [1.54, 1.807) is 0 Å². The lowest BCUT2D eigenvalue weighted by molar-refractivity contribution is 0.0953. The lowest BCUT2D eigenvalue weighted by Gasteiger charge is -2.17. The Morgan fingerprint density at radius 1 is 1.33 bits per heavy atom. The van der Waals surface area contributed by atoms with E-state index in [1.165, 1.54) is 24.0 Å². The second kappa shape index (κ2) is 6.55. The van der Waals surface area contributed by atoms with Crippen molar-refractivity contribution in [2.45, 2.75) is 39.2 Å². The molecule has 1 heterocycles. The third-order valence-electron chi connectivity index (χ3n) is 3.42. The van der Waals surface area contributed by atoms with Crippen LogP contribution in [0.3, 0.4) is 0 Å². The summed E-state index contributed by atoms with van der Waals surface area (Å²) in [6.45, 7) is 4.86. The van der Waals surface area contributed by atoms with Crippen LogP contribution in [0.2, 0.25) is 0 Å². The molecule has 2 rings (SSSR count). The zero-order valence-electron chi connectivity index (χ0n) is 11.1. The molecule has 1 aromatic rings. The fourth-order valence-electron chi connectivity index (χ4n) is 2.30. The molecule has 3 nitrogen and oxygen atoms in total. The van der Waals surface area contributed by atoms with E-state index in [0.717, 1.165) is 38.0 Å². The van der Waals surface area contributed by atoms with Gasteiger partial charge >= 0.3 is 0 Å². The van der Waals surface area contributed by atoms with Gasteiger partial charge < -0.3 is 10.6 Å². The van der Waals surface area contributed by atoms with Crippen LogP contribution in [-0.2, 0) is 13.0 Å². The Balaban J connectivity index is 1.94. The molecule has 0 atom stereocenters. The van der Waals surface area contributed by atoms with Gasteiger partial charge in [0, 0.05) is 18.7 Å². The monoisotopic (exact) mass is 246 g/mol. The topological polar surface area (TPSA) is 41.1 Å². The van der Waals surface area contributed by atoms with Gasteiger partial charge in [-0.3, -0.25) is 4.79 Å². The molecule has 1 aromatic carbocycles. The maximum absolute atomic E-state index is 12.0. The van der Waals surface area contributed by atoms with Crippen LogP contribution in [0, 0.1) is 0 Å². The minimum absolute atomic E-state index is 0.0551. The first-order valence-electron chi connectivity index (χ1n) is 6.92. The van der Waals surface area contributed by atoms with E-state index in [2.05, 4.69) is 23.6 Å². The molecule has 0 spiro atoms. The Morgan fingerprint density at radius 2 is 2.22 bits per heavy atom. The molecule has 0 aliphatic carbocycles. The van der Waals surface area contributed by atoms with E-state index in [9.17, 15) is 4.79 Å². The number of nitrogens with one attached hydrogen (secondary N) is 2. The van der Waals surface area contributed by atoms with E-state index in [-0.39, 0.29) is 5.91 Å². The fraction of sp³-hybridized carbons (Fsp3) is 0.533. The molecule has 0 saturated heterocycles. The number of benzene rings is 1. The van der Waals surface area contributed by atoms with Crippen LogP contribution in [0.25, 0.3) is 0 Å². The van der Waals surface area contributed by atoms with E-state index in [0.29, 0.717) is 0 Å². The van der Waals surface area contributed by atoms with Crippen molar-refractivity contribution in [3.63, 3.8) is 0 Å². The number of fused-ring (bicyclic) bond motifs is 1. The lowest BCUT2D eigenvalue weighted by Crippen LogP contribution is -2.27. The minimum Gasteiger partial charge on any atom is -0.352 e. The summed E-state index contributed by atoms with van der Waals surface area (Å²) >= 11 is 0. The molecule has 0 bridgehead atoms. The Morgan fingerprint density at radius 3 is 3.06 bits per heavy atom. The maximum atomic E-state index is 12.0. The van der Waals surface area contributed by atoms with Crippen LogP contribution in [-0.4, -0.2) is 19.0 Å². The van der Waals surface area contributed by atoms with Gasteiger partial charge in [0.05, 0.1) is 0 Å². The Kier molecular flexibility index (Phi) is 4.76. The van der Waals surface area contributed by atoms with Crippen LogP contribution in [0.15, 0.2) is 18.2 Å². The zero-order valence-corrected chi connectivity index (χ0v) is 11.1. The standard InChI is InChI=1S/C15H22N2O/c1-2-3-4-8-17-15(18)13-6-5-12-7-9-16-11-14(12)10-13/h5-6,10,16H,2-4,7-9,11H2,1H3,(H,17,18). The van der Waals surface area contributed by atoms with Crippen molar-refractivity contribution in [3.05, 3.63) is 34.9 Å². The number of amides is 1. The van der Waals surface area contributed by atoms with Crippen molar-refractivity contribution in [2.75, 3.05) is 13.1 Å². The number of carbonyl (C=O) groups excluding carboxylic acids is 1. The van der Waals surface area contributed by atoms with Crippen molar-refractivity contribution in [1.29, 1.82) is 0 Å². The van der Waals surface area contributed by atoms with E-state index in [1.807, 2.05) is 12.1 Å². The van der Waals surface area contributed by atoms with Crippen LogP contribution in [0.1, 0.15) is 47.7 Å². The second-order valence-corrected chi connectivity index (χ2v) is 4.87. The van der Waals surface area contributed by atoms with Crippen LogP contribution in [0.4, 0.5) is 0 Å². The average Bonchev–Trinajstić information content (AvgIpc) is 2.43. The highest BCUT2D eigenvalue weighted by atomic mass is 16.1. The summed E-state index contributed by atoms with van der Waals surface area (Å²) < 4.78 is 0. The molecule has 1 aliphatic rings. The molecule has 18 heavy (non-hydrogen) atoms. The molecular formula is C15H22N2O. The van der Waals surface area contributed by atoms with E-state index >= 15 is 0 Å². The van der Waals surface area contributed by atoms with Gasteiger partial charge in [-0.15, -0.1) is 0 Å². The molecule has 0 fully saturated rings. The number of rotatable bonds is 5. The quantitative estimate of drug-likeness (QED) is 0.782.